The summed E-state index contributed by atoms with van der Waals surface area (Å²) in [6.07, 6.45) is -0.558. The van der Waals surface area contributed by atoms with Gasteiger partial charge in [0.15, 0.2) is 0 Å². The Balaban J connectivity index is 2.31. The number of aliphatic hydroxyl groups excluding tert-OH is 1. The van der Waals surface area contributed by atoms with Gasteiger partial charge in [0.1, 0.15) is 6.10 Å². The first kappa shape index (κ1) is 11.6. The van der Waals surface area contributed by atoms with Crippen molar-refractivity contribution in [2.75, 3.05) is 0 Å². The van der Waals surface area contributed by atoms with Crippen LogP contribution >= 0.6 is 50.2 Å². The van der Waals surface area contributed by atoms with Crippen molar-refractivity contribution < 1.29 is 5.11 Å². The van der Waals surface area contributed by atoms with Crippen LogP contribution < -0.4 is 0 Å². The van der Waals surface area contributed by atoms with Gasteiger partial charge >= 0.3 is 0 Å². The van der Waals surface area contributed by atoms with Crippen molar-refractivity contribution in [3.63, 3.8) is 0 Å². The summed E-state index contributed by atoms with van der Waals surface area (Å²) in [5.74, 6) is 0. The lowest BCUT2D eigenvalue weighted by Crippen LogP contribution is -1.92. The largest absolute Gasteiger partial charge is 0.382 e. The molecule has 0 aliphatic carbocycles. The molecule has 0 spiro atoms. The molecule has 0 bridgehead atoms. The molecule has 2 rings (SSSR count). The van der Waals surface area contributed by atoms with Gasteiger partial charge in [-0.25, -0.2) is 0 Å². The van der Waals surface area contributed by atoms with E-state index in [2.05, 4.69) is 15.9 Å². The molecule has 0 radical (unpaired) electrons. The third-order valence-electron chi connectivity index (χ3n) is 1.96. The molecule has 0 fully saturated rings. The summed E-state index contributed by atoms with van der Waals surface area (Å²) in [4.78, 5) is 3.03. The van der Waals surface area contributed by atoms with E-state index in [1.807, 2.05) is 19.1 Å². The van der Waals surface area contributed by atoms with E-state index in [9.17, 15) is 5.11 Å². The van der Waals surface area contributed by atoms with Crippen LogP contribution in [-0.2, 0) is 0 Å². The zero-order valence-corrected chi connectivity index (χ0v) is 11.8. The van der Waals surface area contributed by atoms with Crippen LogP contribution in [0.1, 0.15) is 20.7 Å². The highest BCUT2D eigenvalue weighted by Gasteiger charge is 2.16. The Labute approximate surface area is 109 Å². The molecule has 2 aromatic rings. The monoisotopic (exact) mass is 322 g/mol. The second kappa shape index (κ2) is 4.55. The van der Waals surface area contributed by atoms with E-state index in [-0.39, 0.29) is 0 Å². The Morgan fingerprint density at radius 2 is 2.07 bits per heavy atom. The second-order valence-corrected chi connectivity index (χ2v) is 7.25. The molecule has 1 N–H and O–H groups in total. The van der Waals surface area contributed by atoms with Crippen molar-refractivity contribution in [3.8, 4) is 0 Å². The number of aryl methyl sites for hydroxylation is 1. The molecule has 80 valence electrons. The fourth-order valence-electron chi connectivity index (χ4n) is 1.24. The maximum Gasteiger partial charge on any atom is 0.122 e. The van der Waals surface area contributed by atoms with Crippen LogP contribution in [0.2, 0.25) is 5.02 Å². The zero-order valence-electron chi connectivity index (χ0n) is 7.83. The van der Waals surface area contributed by atoms with Gasteiger partial charge in [-0.1, -0.05) is 11.6 Å². The van der Waals surface area contributed by atoms with Gasteiger partial charge in [0, 0.05) is 14.6 Å². The summed E-state index contributed by atoms with van der Waals surface area (Å²) < 4.78 is 0.867. The van der Waals surface area contributed by atoms with Gasteiger partial charge in [-0.2, -0.15) is 0 Å². The maximum atomic E-state index is 10.1. The minimum atomic E-state index is -0.558. The lowest BCUT2D eigenvalue weighted by molar-refractivity contribution is 0.228. The molecule has 15 heavy (non-hydrogen) atoms. The molecule has 1 nitrogen and oxygen atoms in total. The van der Waals surface area contributed by atoms with Crippen molar-refractivity contribution >= 4 is 50.2 Å². The molecule has 0 amide bonds. The summed E-state index contributed by atoms with van der Waals surface area (Å²) >= 11 is 12.3. The maximum absolute atomic E-state index is 10.1. The molecule has 0 aliphatic heterocycles. The summed E-state index contributed by atoms with van der Waals surface area (Å²) in [5, 5.41) is 10.7. The van der Waals surface area contributed by atoms with E-state index in [0.29, 0.717) is 5.02 Å². The molecular weight excluding hydrogens is 316 g/mol. The first-order valence-corrected chi connectivity index (χ1v) is 7.07. The standard InChI is InChI=1S/C10H8BrClOS2/c1-5-2-3-7(14-5)9(13)8-4-6(12)10(11)15-8/h2-4,9,13H,1H3. The highest BCUT2D eigenvalue weighted by molar-refractivity contribution is 9.11. The molecular formula is C10H8BrClOS2. The number of hydrogen-bond acceptors (Lipinski definition) is 3. The minimum absolute atomic E-state index is 0.558. The average molecular weight is 324 g/mol. The normalized spacial score (nSPS) is 13.1. The van der Waals surface area contributed by atoms with Crippen molar-refractivity contribution in [1.82, 2.24) is 0 Å². The zero-order chi connectivity index (χ0) is 11.0. The fraction of sp³-hybridized carbons (Fsp3) is 0.200. The minimum Gasteiger partial charge on any atom is -0.382 e. The number of thiophene rings is 2. The predicted molar refractivity (Wildman–Crippen MR) is 70.1 cm³/mol. The van der Waals surface area contributed by atoms with Gasteiger partial charge in [0.2, 0.25) is 0 Å². The average Bonchev–Trinajstić information content (AvgIpc) is 2.74. The Bertz CT molecular complexity index is 458. The van der Waals surface area contributed by atoms with Crippen LogP contribution in [0.4, 0.5) is 0 Å². The molecule has 0 aromatic carbocycles. The highest BCUT2D eigenvalue weighted by atomic mass is 79.9. The Kier molecular flexibility index (Phi) is 3.52. The summed E-state index contributed by atoms with van der Waals surface area (Å²) in [5.41, 5.74) is 0. The fourth-order valence-corrected chi connectivity index (χ4v) is 3.95. The topological polar surface area (TPSA) is 20.2 Å². The quantitative estimate of drug-likeness (QED) is 0.855. The van der Waals surface area contributed by atoms with E-state index in [1.165, 1.54) is 16.2 Å². The number of halogens is 2. The van der Waals surface area contributed by atoms with Crippen molar-refractivity contribution in [1.29, 1.82) is 0 Å². The van der Waals surface area contributed by atoms with Gasteiger partial charge in [-0.3, -0.25) is 0 Å². The molecule has 0 aliphatic rings. The summed E-state index contributed by atoms with van der Waals surface area (Å²) in [6.45, 7) is 2.03. The van der Waals surface area contributed by atoms with E-state index < -0.39 is 6.10 Å². The first-order valence-electron chi connectivity index (χ1n) is 4.27. The molecule has 1 atom stereocenters. The lowest BCUT2D eigenvalue weighted by Gasteiger charge is -2.04. The van der Waals surface area contributed by atoms with Crippen molar-refractivity contribution in [2.24, 2.45) is 0 Å². The molecule has 0 saturated carbocycles. The molecule has 2 heterocycles. The molecule has 0 saturated heterocycles. The van der Waals surface area contributed by atoms with Crippen LogP contribution in [0.25, 0.3) is 0 Å². The molecule has 5 heteroatoms. The molecule has 2 aromatic heterocycles. The Morgan fingerprint density at radius 3 is 2.53 bits per heavy atom. The van der Waals surface area contributed by atoms with Gasteiger partial charge in [0.25, 0.3) is 0 Å². The highest BCUT2D eigenvalue weighted by Crippen LogP contribution is 2.38. The summed E-state index contributed by atoms with van der Waals surface area (Å²) in [7, 11) is 0. The van der Waals surface area contributed by atoms with Crippen molar-refractivity contribution in [2.45, 2.75) is 13.0 Å². The SMILES string of the molecule is Cc1ccc(C(O)c2cc(Cl)c(Br)s2)s1. The van der Waals surface area contributed by atoms with Gasteiger partial charge in [0.05, 0.1) is 8.81 Å². The summed E-state index contributed by atoms with van der Waals surface area (Å²) in [6, 6.07) is 5.76. The van der Waals surface area contributed by atoms with Gasteiger partial charge in [-0.05, 0) is 41.1 Å². The lowest BCUT2D eigenvalue weighted by atomic mass is 10.2. The Morgan fingerprint density at radius 1 is 1.33 bits per heavy atom. The van der Waals surface area contributed by atoms with Crippen LogP contribution in [0, 0.1) is 6.92 Å². The van der Waals surface area contributed by atoms with E-state index in [4.69, 9.17) is 11.6 Å². The van der Waals surface area contributed by atoms with Crippen LogP contribution in [0.15, 0.2) is 22.0 Å². The van der Waals surface area contributed by atoms with Gasteiger partial charge in [-0.15, -0.1) is 22.7 Å². The predicted octanol–water partition coefficient (Wildman–Crippen LogP) is 4.62. The first-order chi connectivity index (χ1) is 7.08. The number of rotatable bonds is 2. The van der Waals surface area contributed by atoms with Crippen LogP contribution in [0.5, 0.6) is 0 Å². The second-order valence-electron chi connectivity index (χ2n) is 3.12. The van der Waals surface area contributed by atoms with E-state index in [1.54, 1.807) is 17.4 Å². The van der Waals surface area contributed by atoms with Crippen LogP contribution in [-0.4, -0.2) is 5.11 Å². The number of hydrogen-bond donors (Lipinski definition) is 1. The third kappa shape index (κ3) is 2.45. The molecule has 1 unspecified atom stereocenters. The number of aliphatic hydroxyl groups is 1. The van der Waals surface area contributed by atoms with E-state index in [0.717, 1.165) is 13.5 Å². The smallest absolute Gasteiger partial charge is 0.122 e. The van der Waals surface area contributed by atoms with Gasteiger partial charge < -0.3 is 5.11 Å². The Hall–Kier alpha value is 0.130. The third-order valence-corrected chi connectivity index (χ3v) is 5.54. The van der Waals surface area contributed by atoms with Crippen molar-refractivity contribution in [3.05, 3.63) is 41.6 Å². The van der Waals surface area contributed by atoms with Crippen LogP contribution in [0.3, 0.4) is 0 Å². The van der Waals surface area contributed by atoms with E-state index >= 15 is 0 Å².